The third kappa shape index (κ3) is 2.99. The maximum Gasteiger partial charge on any atom is 0.255 e. The Hall–Kier alpha value is -2.07. The fourth-order valence-corrected chi connectivity index (χ4v) is 1.68. The third-order valence-corrected chi connectivity index (χ3v) is 2.60. The van der Waals surface area contributed by atoms with Crippen molar-refractivity contribution < 1.29 is 4.79 Å². The Balaban J connectivity index is 2.21. The van der Waals surface area contributed by atoms with Gasteiger partial charge in [0, 0.05) is 28.0 Å². The lowest BCUT2D eigenvalue weighted by atomic mass is 10.2. The first-order valence-electron chi connectivity index (χ1n) is 5.32. The number of carbonyl (C=O) groups excluding carboxylic acids is 1. The number of amides is 1. The van der Waals surface area contributed by atoms with Crippen LogP contribution in [-0.2, 0) is 0 Å². The van der Waals surface area contributed by atoms with Crippen LogP contribution in [0.3, 0.4) is 0 Å². The van der Waals surface area contributed by atoms with Gasteiger partial charge in [-0.3, -0.25) is 9.59 Å². The van der Waals surface area contributed by atoms with Gasteiger partial charge in [0.05, 0.1) is 0 Å². The van der Waals surface area contributed by atoms with Crippen molar-refractivity contribution >= 4 is 23.2 Å². The van der Waals surface area contributed by atoms with E-state index in [4.69, 9.17) is 11.6 Å². The van der Waals surface area contributed by atoms with Crippen LogP contribution in [0.1, 0.15) is 16.1 Å². The summed E-state index contributed by atoms with van der Waals surface area (Å²) in [6.07, 6.45) is 0. The summed E-state index contributed by atoms with van der Waals surface area (Å²) in [6.45, 7) is 1.72. The van der Waals surface area contributed by atoms with Crippen molar-refractivity contribution in [3.05, 3.63) is 63.0 Å². The first-order chi connectivity index (χ1) is 8.54. The molecular formula is C13H11ClN2O2. The highest BCUT2D eigenvalue weighted by Gasteiger charge is 2.07. The van der Waals surface area contributed by atoms with Crippen LogP contribution in [0.25, 0.3) is 0 Å². The van der Waals surface area contributed by atoms with E-state index in [0.29, 0.717) is 22.0 Å². The van der Waals surface area contributed by atoms with Crippen molar-refractivity contribution in [2.45, 2.75) is 6.92 Å². The number of hydrogen-bond donors (Lipinski definition) is 2. The molecule has 2 N–H and O–H groups in total. The highest BCUT2D eigenvalue weighted by Crippen LogP contribution is 2.14. The summed E-state index contributed by atoms with van der Waals surface area (Å²) in [5.74, 6) is -0.327. The minimum Gasteiger partial charge on any atom is -0.326 e. The standard InChI is InChI=1S/C13H11ClN2O2/c1-8-6-9(7-12(17)15-8)13(18)16-11-4-2-10(14)3-5-11/h2-7H,1H3,(H,15,17)(H,16,18). The second-order valence-corrected chi connectivity index (χ2v) is 4.31. The molecule has 0 fully saturated rings. The SMILES string of the molecule is Cc1cc(C(=O)Nc2ccc(Cl)cc2)cc(=O)[nH]1. The van der Waals surface area contributed by atoms with E-state index < -0.39 is 0 Å². The molecule has 0 radical (unpaired) electrons. The maximum atomic E-state index is 11.9. The predicted octanol–water partition coefficient (Wildman–Crippen LogP) is 2.59. The lowest BCUT2D eigenvalue weighted by molar-refractivity contribution is 0.102. The number of rotatable bonds is 2. The van der Waals surface area contributed by atoms with E-state index in [1.54, 1.807) is 37.3 Å². The number of H-pyrrole nitrogens is 1. The molecule has 4 nitrogen and oxygen atoms in total. The highest BCUT2D eigenvalue weighted by atomic mass is 35.5. The number of carbonyl (C=O) groups is 1. The van der Waals surface area contributed by atoms with Crippen LogP contribution in [0.4, 0.5) is 5.69 Å². The molecule has 1 aromatic heterocycles. The molecule has 5 heteroatoms. The summed E-state index contributed by atoms with van der Waals surface area (Å²) in [5, 5.41) is 3.29. The number of nitrogens with one attached hydrogen (secondary N) is 2. The molecule has 2 aromatic rings. The molecule has 0 atom stereocenters. The minimum absolute atomic E-state index is 0.295. The lowest BCUT2D eigenvalue weighted by Crippen LogP contribution is -2.16. The Morgan fingerprint density at radius 1 is 1.22 bits per heavy atom. The molecule has 92 valence electrons. The number of hydrogen-bond acceptors (Lipinski definition) is 2. The van der Waals surface area contributed by atoms with Gasteiger partial charge in [0.2, 0.25) is 5.56 Å². The molecule has 1 heterocycles. The number of anilines is 1. The summed E-state index contributed by atoms with van der Waals surface area (Å²) >= 11 is 5.75. The second kappa shape index (κ2) is 5.06. The Labute approximate surface area is 109 Å². The molecule has 0 unspecified atom stereocenters. The van der Waals surface area contributed by atoms with Crippen molar-refractivity contribution in [3.63, 3.8) is 0 Å². The molecule has 0 saturated carbocycles. The van der Waals surface area contributed by atoms with Gasteiger partial charge in [0.1, 0.15) is 0 Å². The first kappa shape index (κ1) is 12.4. The van der Waals surface area contributed by atoms with Crippen molar-refractivity contribution in [1.29, 1.82) is 0 Å². The Bertz CT molecular complexity index is 632. The summed E-state index contributed by atoms with van der Waals surface area (Å²) in [6, 6.07) is 9.63. The molecule has 0 bridgehead atoms. The summed E-state index contributed by atoms with van der Waals surface area (Å²) in [5.41, 5.74) is 1.30. The molecule has 0 spiro atoms. The summed E-state index contributed by atoms with van der Waals surface area (Å²) < 4.78 is 0. The van der Waals surface area contributed by atoms with Gasteiger partial charge in [-0.25, -0.2) is 0 Å². The van der Waals surface area contributed by atoms with Gasteiger partial charge in [0.25, 0.3) is 5.91 Å². The number of aromatic nitrogens is 1. The molecule has 0 aliphatic heterocycles. The number of aromatic amines is 1. The van der Waals surface area contributed by atoms with E-state index in [0.717, 1.165) is 0 Å². The number of aryl methyl sites for hydroxylation is 1. The van der Waals surface area contributed by atoms with Crippen LogP contribution >= 0.6 is 11.6 Å². The monoisotopic (exact) mass is 262 g/mol. The second-order valence-electron chi connectivity index (χ2n) is 3.88. The van der Waals surface area contributed by atoms with E-state index in [1.807, 2.05) is 0 Å². The van der Waals surface area contributed by atoms with Gasteiger partial charge in [-0.1, -0.05) is 11.6 Å². The first-order valence-corrected chi connectivity index (χ1v) is 5.70. The van der Waals surface area contributed by atoms with E-state index in [2.05, 4.69) is 10.3 Å². The summed E-state index contributed by atoms with van der Waals surface area (Å²) in [7, 11) is 0. The van der Waals surface area contributed by atoms with Crippen LogP contribution in [0.5, 0.6) is 0 Å². The third-order valence-electron chi connectivity index (χ3n) is 2.34. The maximum absolute atomic E-state index is 11.9. The van der Waals surface area contributed by atoms with Crippen LogP contribution in [0, 0.1) is 6.92 Å². The van der Waals surface area contributed by atoms with Crippen LogP contribution in [-0.4, -0.2) is 10.9 Å². The van der Waals surface area contributed by atoms with Crippen molar-refractivity contribution in [1.82, 2.24) is 4.98 Å². The number of pyridine rings is 1. The highest BCUT2D eigenvalue weighted by molar-refractivity contribution is 6.30. The average molecular weight is 263 g/mol. The lowest BCUT2D eigenvalue weighted by Gasteiger charge is -2.05. The Morgan fingerprint density at radius 2 is 1.89 bits per heavy atom. The van der Waals surface area contributed by atoms with Crippen LogP contribution in [0.15, 0.2) is 41.2 Å². The smallest absolute Gasteiger partial charge is 0.255 e. The zero-order valence-corrected chi connectivity index (χ0v) is 10.4. The van der Waals surface area contributed by atoms with Gasteiger partial charge in [-0.2, -0.15) is 0 Å². The van der Waals surface area contributed by atoms with E-state index in [1.165, 1.54) is 6.07 Å². The molecule has 0 aliphatic rings. The molecule has 0 aliphatic carbocycles. The average Bonchev–Trinajstić information content (AvgIpc) is 2.31. The molecule has 0 saturated heterocycles. The van der Waals surface area contributed by atoms with E-state index in [9.17, 15) is 9.59 Å². The van der Waals surface area contributed by atoms with Gasteiger partial charge in [-0.05, 0) is 37.3 Å². The summed E-state index contributed by atoms with van der Waals surface area (Å²) in [4.78, 5) is 25.7. The number of halogens is 1. The van der Waals surface area contributed by atoms with Gasteiger partial charge in [0.15, 0.2) is 0 Å². The van der Waals surface area contributed by atoms with Crippen molar-refractivity contribution in [3.8, 4) is 0 Å². The van der Waals surface area contributed by atoms with Crippen LogP contribution in [0.2, 0.25) is 5.02 Å². The Kier molecular flexibility index (Phi) is 3.48. The van der Waals surface area contributed by atoms with Gasteiger partial charge >= 0.3 is 0 Å². The fourth-order valence-electron chi connectivity index (χ4n) is 1.55. The normalized spacial score (nSPS) is 10.1. The molecule has 1 aromatic carbocycles. The van der Waals surface area contributed by atoms with Crippen LogP contribution < -0.4 is 10.9 Å². The van der Waals surface area contributed by atoms with Crippen molar-refractivity contribution in [2.75, 3.05) is 5.32 Å². The zero-order chi connectivity index (χ0) is 13.1. The predicted molar refractivity (Wildman–Crippen MR) is 71.2 cm³/mol. The Morgan fingerprint density at radius 3 is 2.50 bits per heavy atom. The molecule has 18 heavy (non-hydrogen) atoms. The topological polar surface area (TPSA) is 62.0 Å². The molecular weight excluding hydrogens is 252 g/mol. The van der Waals surface area contributed by atoms with E-state index in [-0.39, 0.29) is 11.5 Å². The minimum atomic E-state index is -0.327. The zero-order valence-electron chi connectivity index (χ0n) is 9.66. The van der Waals surface area contributed by atoms with Gasteiger partial charge in [-0.15, -0.1) is 0 Å². The van der Waals surface area contributed by atoms with E-state index >= 15 is 0 Å². The van der Waals surface area contributed by atoms with Crippen molar-refractivity contribution in [2.24, 2.45) is 0 Å². The quantitative estimate of drug-likeness (QED) is 0.874. The van der Waals surface area contributed by atoms with Gasteiger partial charge < -0.3 is 10.3 Å². The molecule has 1 amide bonds. The largest absolute Gasteiger partial charge is 0.326 e. The number of benzene rings is 1. The molecule has 2 rings (SSSR count). The fraction of sp³-hybridized carbons (Fsp3) is 0.0769.